The van der Waals surface area contributed by atoms with Crippen LogP contribution in [-0.2, 0) is 19.5 Å². The third-order valence-electron chi connectivity index (χ3n) is 4.60. The summed E-state index contributed by atoms with van der Waals surface area (Å²) >= 11 is 0. The Morgan fingerprint density at radius 2 is 1.96 bits per heavy atom. The molecule has 2 amide bonds. The maximum Gasteiger partial charge on any atom is 0.287 e. The number of fused-ring (bicyclic) bond motifs is 1. The van der Waals surface area contributed by atoms with Gasteiger partial charge in [-0.15, -0.1) is 0 Å². The molecule has 0 saturated carbocycles. The molecule has 3 rings (SSSR count). The van der Waals surface area contributed by atoms with Crippen LogP contribution in [0.15, 0.2) is 24.3 Å². The molecule has 2 heterocycles. The van der Waals surface area contributed by atoms with E-state index >= 15 is 0 Å². The van der Waals surface area contributed by atoms with Gasteiger partial charge in [0.2, 0.25) is 0 Å². The number of halogens is 1. The fraction of sp³-hybridized carbons (Fsp3) is 0.450. The Bertz CT molecular complexity index is 845. The van der Waals surface area contributed by atoms with E-state index in [1.807, 2.05) is 18.4 Å². The van der Waals surface area contributed by atoms with Crippen molar-refractivity contribution in [3.8, 4) is 0 Å². The molecule has 144 valence electrons. The first-order chi connectivity index (χ1) is 13.0. The molecular weight excluding hydrogens is 347 g/mol. The van der Waals surface area contributed by atoms with Gasteiger partial charge in [0.25, 0.3) is 11.8 Å². The maximum absolute atomic E-state index is 13.8. The van der Waals surface area contributed by atoms with E-state index in [1.54, 1.807) is 18.2 Å². The van der Waals surface area contributed by atoms with E-state index in [0.29, 0.717) is 30.3 Å². The fourth-order valence-corrected chi connectivity index (χ4v) is 3.18. The van der Waals surface area contributed by atoms with E-state index in [4.69, 9.17) is 0 Å². The highest BCUT2D eigenvalue weighted by Gasteiger charge is 2.27. The predicted molar refractivity (Wildman–Crippen MR) is 99.9 cm³/mol. The number of hydrogen-bond donors (Lipinski definition) is 2. The molecule has 0 atom stereocenters. The second kappa shape index (κ2) is 8.33. The van der Waals surface area contributed by atoms with Gasteiger partial charge >= 0.3 is 0 Å². The number of hydrogen-bond acceptors (Lipinski definition) is 3. The van der Waals surface area contributed by atoms with Crippen LogP contribution in [0.1, 0.15) is 59.1 Å². The molecule has 0 saturated heterocycles. The highest BCUT2D eigenvalue weighted by atomic mass is 19.1. The van der Waals surface area contributed by atoms with Crippen molar-refractivity contribution in [2.75, 3.05) is 6.54 Å². The van der Waals surface area contributed by atoms with Crippen LogP contribution in [-0.4, -0.2) is 27.9 Å². The van der Waals surface area contributed by atoms with E-state index in [9.17, 15) is 14.0 Å². The molecule has 0 fully saturated rings. The Morgan fingerprint density at radius 3 is 2.70 bits per heavy atom. The van der Waals surface area contributed by atoms with Crippen molar-refractivity contribution < 1.29 is 14.0 Å². The maximum atomic E-state index is 13.8. The average Bonchev–Trinajstić information content (AvgIpc) is 3.05. The normalized spacial score (nSPS) is 13.3. The standard InChI is InChI=1S/C20H25FN4O2/c1-13(2)11-22-19(26)17-16-9-5-6-10-25(16)18(24-17)20(27)23-12-14-7-3-4-8-15(14)21/h3-4,7-8,13H,5-6,9-12H2,1-2H3,(H,22,26)(H,23,27). The molecule has 1 aromatic heterocycles. The Hall–Kier alpha value is -2.70. The minimum atomic E-state index is -0.399. The molecule has 27 heavy (non-hydrogen) atoms. The summed E-state index contributed by atoms with van der Waals surface area (Å²) in [6, 6.07) is 6.31. The Balaban J connectivity index is 1.79. The lowest BCUT2D eigenvalue weighted by molar-refractivity contribution is 0.0934. The molecular formula is C20H25FN4O2. The van der Waals surface area contributed by atoms with Crippen LogP contribution in [0.4, 0.5) is 4.39 Å². The van der Waals surface area contributed by atoms with Crippen molar-refractivity contribution >= 4 is 11.8 Å². The molecule has 1 aliphatic rings. The summed E-state index contributed by atoms with van der Waals surface area (Å²) in [6.45, 7) is 5.32. The number of nitrogens with one attached hydrogen (secondary N) is 2. The van der Waals surface area contributed by atoms with Gasteiger partial charge in [0.15, 0.2) is 5.82 Å². The number of amides is 2. The van der Waals surface area contributed by atoms with Gasteiger partial charge in [0.1, 0.15) is 11.5 Å². The van der Waals surface area contributed by atoms with Crippen LogP contribution in [0.2, 0.25) is 0 Å². The van der Waals surface area contributed by atoms with Crippen LogP contribution in [0, 0.1) is 11.7 Å². The Morgan fingerprint density at radius 1 is 1.19 bits per heavy atom. The molecule has 7 heteroatoms. The molecule has 0 bridgehead atoms. The predicted octanol–water partition coefficient (Wildman–Crippen LogP) is 2.67. The smallest absolute Gasteiger partial charge is 0.287 e. The van der Waals surface area contributed by atoms with Gasteiger partial charge in [-0.05, 0) is 31.2 Å². The van der Waals surface area contributed by atoms with Gasteiger partial charge in [0, 0.05) is 25.2 Å². The third-order valence-corrected chi connectivity index (χ3v) is 4.60. The van der Waals surface area contributed by atoms with E-state index in [2.05, 4.69) is 15.6 Å². The molecule has 6 nitrogen and oxygen atoms in total. The lowest BCUT2D eigenvalue weighted by atomic mass is 10.1. The number of aromatic nitrogens is 2. The molecule has 0 unspecified atom stereocenters. The first kappa shape index (κ1) is 19.1. The zero-order valence-corrected chi connectivity index (χ0v) is 15.7. The van der Waals surface area contributed by atoms with Crippen molar-refractivity contribution in [3.05, 3.63) is 52.9 Å². The average molecular weight is 372 g/mol. The largest absolute Gasteiger partial charge is 0.350 e. The minimum Gasteiger partial charge on any atom is -0.350 e. The zero-order valence-electron chi connectivity index (χ0n) is 15.7. The second-order valence-electron chi connectivity index (χ2n) is 7.22. The van der Waals surface area contributed by atoms with Crippen LogP contribution in [0.5, 0.6) is 0 Å². The lowest BCUT2D eigenvalue weighted by Gasteiger charge is -2.17. The van der Waals surface area contributed by atoms with Crippen molar-refractivity contribution in [1.29, 1.82) is 0 Å². The molecule has 0 spiro atoms. The zero-order chi connectivity index (χ0) is 19.4. The Labute approximate surface area is 158 Å². The van der Waals surface area contributed by atoms with Crippen LogP contribution < -0.4 is 10.6 Å². The monoisotopic (exact) mass is 372 g/mol. The molecule has 0 aliphatic carbocycles. The number of imidazole rings is 1. The topological polar surface area (TPSA) is 76.0 Å². The van der Waals surface area contributed by atoms with Gasteiger partial charge in [-0.25, -0.2) is 9.37 Å². The van der Waals surface area contributed by atoms with E-state index in [1.165, 1.54) is 6.07 Å². The first-order valence-corrected chi connectivity index (χ1v) is 9.36. The molecule has 2 aromatic rings. The SMILES string of the molecule is CC(C)CNC(=O)c1nc(C(=O)NCc2ccccc2F)n2c1CCCC2. The van der Waals surface area contributed by atoms with Crippen molar-refractivity contribution in [2.24, 2.45) is 5.92 Å². The summed E-state index contributed by atoms with van der Waals surface area (Å²) in [4.78, 5) is 29.5. The minimum absolute atomic E-state index is 0.0720. The third kappa shape index (κ3) is 4.35. The van der Waals surface area contributed by atoms with E-state index in [0.717, 1.165) is 25.0 Å². The quantitative estimate of drug-likeness (QED) is 0.819. The van der Waals surface area contributed by atoms with Gasteiger partial charge in [-0.3, -0.25) is 9.59 Å². The summed E-state index contributed by atoms with van der Waals surface area (Å²) in [5.74, 6) is -0.463. The Kier molecular flexibility index (Phi) is 5.88. The molecule has 1 aliphatic heterocycles. The summed E-state index contributed by atoms with van der Waals surface area (Å²) in [5, 5.41) is 5.58. The van der Waals surface area contributed by atoms with Crippen LogP contribution >= 0.6 is 0 Å². The number of rotatable bonds is 6. The lowest BCUT2D eigenvalue weighted by Crippen LogP contribution is -2.29. The second-order valence-corrected chi connectivity index (χ2v) is 7.22. The highest BCUT2D eigenvalue weighted by molar-refractivity contribution is 5.97. The summed E-state index contributed by atoms with van der Waals surface area (Å²) in [7, 11) is 0. The molecule has 1 aromatic carbocycles. The first-order valence-electron chi connectivity index (χ1n) is 9.36. The highest BCUT2D eigenvalue weighted by Crippen LogP contribution is 2.21. The van der Waals surface area contributed by atoms with Crippen molar-refractivity contribution in [2.45, 2.75) is 46.2 Å². The summed E-state index contributed by atoms with van der Waals surface area (Å²) in [5.41, 5.74) is 1.54. The molecule has 2 N–H and O–H groups in total. The molecule has 0 radical (unpaired) electrons. The summed E-state index contributed by atoms with van der Waals surface area (Å²) < 4.78 is 15.6. The van der Waals surface area contributed by atoms with Gasteiger partial charge in [-0.1, -0.05) is 32.0 Å². The van der Waals surface area contributed by atoms with Gasteiger partial charge in [-0.2, -0.15) is 0 Å². The van der Waals surface area contributed by atoms with E-state index < -0.39 is 5.91 Å². The van der Waals surface area contributed by atoms with E-state index in [-0.39, 0.29) is 24.1 Å². The van der Waals surface area contributed by atoms with Gasteiger partial charge in [0.05, 0.1) is 5.69 Å². The van der Waals surface area contributed by atoms with Crippen molar-refractivity contribution in [1.82, 2.24) is 20.2 Å². The van der Waals surface area contributed by atoms with Crippen LogP contribution in [0.3, 0.4) is 0 Å². The fourth-order valence-electron chi connectivity index (χ4n) is 3.18. The number of carbonyl (C=O) groups is 2. The number of benzene rings is 1. The number of carbonyl (C=O) groups excluding carboxylic acids is 2. The van der Waals surface area contributed by atoms with Crippen LogP contribution in [0.25, 0.3) is 0 Å². The number of nitrogens with zero attached hydrogens (tertiary/aromatic N) is 2. The van der Waals surface area contributed by atoms with Crippen molar-refractivity contribution in [3.63, 3.8) is 0 Å². The summed E-state index contributed by atoms with van der Waals surface area (Å²) in [6.07, 6.45) is 2.62. The van der Waals surface area contributed by atoms with Gasteiger partial charge < -0.3 is 15.2 Å².